The van der Waals surface area contributed by atoms with Gasteiger partial charge in [-0.1, -0.05) is 36.4 Å². The molecule has 0 aromatic heterocycles. The van der Waals surface area contributed by atoms with Gasteiger partial charge < -0.3 is 10.1 Å². The number of anilines is 1. The number of methoxy groups -OCH3 is 1. The van der Waals surface area contributed by atoms with Crippen LogP contribution < -0.4 is 10.1 Å². The van der Waals surface area contributed by atoms with E-state index >= 15 is 0 Å². The lowest BCUT2D eigenvalue weighted by molar-refractivity contribution is 0.416. The Balaban J connectivity index is 1.86. The third kappa shape index (κ3) is 1.94. The SMILES string of the molecule is COc1ccccc1NC1CCc2ccccc21. The number of hydrogen-bond acceptors (Lipinski definition) is 2. The Morgan fingerprint density at radius 2 is 1.83 bits per heavy atom. The highest BCUT2D eigenvalue weighted by molar-refractivity contribution is 5.58. The highest BCUT2D eigenvalue weighted by atomic mass is 16.5. The van der Waals surface area contributed by atoms with E-state index < -0.39 is 0 Å². The lowest BCUT2D eigenvalue weighted by atomic mass is 10.1. The van der Waals surface area contributed by atoms with Gasteiger partial charge in [0.15, 0.2) is 0 Å². The zero-order chi connectivity index (χ0) is 12.4. The van der Waals surface area contributed by atoms with E-state index in [4.69, 9.17) is 4.74 Å². The van der Waals surface area contributed by atoms with Crippen molar-refractivity contribution in [3.05, 3.63) is 59.7 Å². The Morgan fingerprint density at radius 3 is 2.72 bits per heavy atom. The molecule has 0 heterocycles. The van der Waals surface area contributed by atoms with Crippen molar-refractivity contribution in [2.24, 2.45) is 0 Å². The quantitative estimate of drug-likeness (QED) is 0.879. The molecule has 2 nitrogen and oxygen atoms in total. The van der Waals surface area contributed by atoms with Crippen LogP contribution in [0.2, 0.25) is 0 Å². The zero-order valence-electron chi connectivity index (χ0n) is 10.5. The van der Waals surface area contributed by atoms with Gasteiger partial charge in [0.1, 0.15) is 5.75 Å². The van der Waals surface area contributed by atoms with Crippen molar-refractivity contribution in [1.29, 1.82) is 0 Å². The molecule has 1 unspecified atom stereocenters. The molecule has 0 saturated heterocycles. The van der Waals surface area contributed by atoms with E-state index in [0.717, 1.165) is 24.3 Å². The van der Waals surface area contributed by atoms with E-state index in [1.165, 1.54) is 11.1 Å². The van der Waals surface area contributed by atoms with Crippen molar-refractivity contribution in [2.75, 3.05) is 12.4 Å². The Bertz CT molecular complexity index is 550. The van der Waals surface area contributed by atoms with Crippen LogP contribution in [0, 0.1) is 0 Å². The van der Waals surface area contributed by atoms with Crippen LogP contribution in [-0.2, 0) is 6.42 Å². The molecule has 0 fully saturated rings. The molecule has 1 N–H and O–H groups in total. The third-order valence-corrected chi connectivity index (χ3v) is 3.57. The number of aryl methyl sites for hydroxylation is 1. The van der Waals surface area contributed by atoms with Crippen molar-refractivity contribution in [1.82, 2.24) is 0 Å². The first-order valence-electron chi connectivity index (χ1n) is 6.36. The van der Waals surface area contributed by atoms with Crippen LogP contribution in [-0.4, -0.2) is 7.11 Å². The number of para-hydroxylation sites is 2. The van der Waals surface area contributed by atoms with E-state index in [1.54, 1.807) is 7.11 Å². The van der Waals surface area contributed by atoms with Crippen LogP contribution in [0.25, 0.3) is 0 Å². The smallest absolute Gasteiger partial charge is 0.141 e. The van der Waals surface area contributed by atoms with Crippen LogP contribution in [0.3, 0.4) is 0 Å². The second kappa shape index (κ2) is 4.73. The summed E-state index contributed by atoms with van der Waals surface area (Å²) < 4.78 is 5.38. The number of ether oxygens (including phenoxy) is 1. The minimum atomic E-state index is 0.400. The highest BCUT2D eigenvalue weighted by Gasteiger charge is 2.22. The lowest BCUT2D eigenvalue weighted by Gasteiger charge is -2.17. The highest BCUT2D eigenvalue weighted by Crippen LogP contribution is 2.35. The summed E-state index contributed by atoms with van der Waals surface area (Å²) in [4.78, 5) is 0. The minimum Gasteiger partial charge on any atom is -0.495 e. The van der Waals surface area contributed by atoms with Crippen molar-refractivity contribution in [3.63, 3.8) is 0 Å². The first kappa shape index (κ1) is 11.1. The molecule has 0 bridgehead atoms. The van der Waals surface area contributed by atoms with E-state index in [9.17, 15) is 0 Å². The summed E-state index contributed by atoms with van der Waals surface area (Å²) in [7, 11) is 1.71. The van der Waals surface area contributed by atoms with Crippen molar-refractivity contribution >= 4 is 5.69 Å². The zero-order valence-corrected chi connectivity index (χ0v) is 10.5. The average molecular weight is 239 g/mol. The van der Waals surface area contributed by atoms with E-state index in [0.29, 0.717) is 6.04 Å². The van der Waals surface area contributed by atoms with Gasteiger partial charge in [-0.15, -0.1) is 0 Å². The molecule has 0 saturated carbocycles. The van der Waals surface area contributed by atoms with E-state index in [2.05, 4.69) is 35.6 Å². The van der Waals surface area contributed by atoms with Crippen LogP contribution in [0.15, 0.2) is 48.5 Å². The fourth-order valence-electron chi connectivity index (χ4n) is 2.66. The molecular formula is C16H17NO. The second-order valence-corrected chi connectivity index (χ2v) is 4.63. The molecule has 0 radical (unpaired) electrons. The molecule has 2 aromatic carbocycles. The Morgan fingerprint density at radius 1 is 1.06 bits per heavy atom. The topological polar surface area (TPSA) is 21.3 Å². The molecule has 1 aliphatic rings. The molecule has 2 aromatic rings. The summed E-state index contributed by atoms with van der Waals surface area (Å²) in [5.74, 6) is 0.905. The number of nitrogens with one attached hydrogen (secondary N) is 1. The predicted molar refractivity (Wildman–Crippen MR) is 74.1 cm³/mol. The largest absolute Gasteiger partial charge is 0.495 e. The van der Waals surface area contributed by atoms with Gasteiger partial charge in [-0.25, -0.2) is 0 Å². The molecule has 0 amide bonds. The summed E-state index contributed by atoms with van der Waals surface area (Å²) in [6, 6.07) is 17.2. The normalized spacial score (nSPS) is 17.3. The second-order valence-electron chi connectivity index (χ2n) is 4.63. The maximum Gasteiger partial charge on any atom is 0.141 e. The summed E-state index contributed by atoms with van der Waals surface area (Å²) in [6.07, 6.45) is 2.31. The maximum atomic E-state index is 5.38. The van der Waals surface area contributed by atoms with Crippen molar-refractivity contribution in [2.45, 2.75) is 18.9 Å². The van der Waals surface area contributed by atoms with Gasteiger partial charge in [0.05, 0.1) is 18.8 Å². The summed E-state index contributed by atoms with van der Waals surface area (Å²) in [5, 5.41) is 3.59. The molecule has 18 heavy (non-hydrogen) atoms. The molecule has 92 valence electrons. The summed E-state index contributed by atoms with van der Waals surface area (Å²) in [6.45, 7) is 0. The molecule has 1 aliphatic carbocycles. The minimum absolute atomic E-state index is 0.400. The predicted octanol–water partition coefficient (Wildman–Crippen LogP) is 3.79. The fraction of sp³-hybridized carbons (Fsp3) is 0.250. The van der Waals surface area contributed by atoms with E-state index in [-0.39, 0.29) is 0 Å². The van der Waals surface area contributed by atoms with Crippen molar-refractivity contribution in [3.8, 4) is 5.75 Å². The average Bonchev–Trinajstić information content (AvgIpc) is 2.83. The van der Waals surface area contributed by atoms with Crippen molar-refractivity contribution < 1.29 is 4.74 Å². The molecule has 2 heteroatoms. The summed E-state index contributed by atoms with van der Waals surface area (Å²) in [5.41, 5.74) is 3.95. The van der Waals surface area contributed by atoms with Gasteiger partial charge in [0.25, 0.3) is 0 Å². The molecule has 3 rings (SSSR count). The molecule has 0 spiro atoms. The molecule has 0 aliphatic heterocycles. The number of fused-ring (bicyclic) bond motifs is 1. The number of benzene rings is 2. The van der Waals surface area contributed by atoms with Gasteiger partial charge in [-0.3, -0.25) is 0 Å². The first-order chi connectivity index (χ1) is 8.88. The summed E-state index contributed by atoms with van der Waals surface area (Å²) >= 11 is 0. The maximum absolute atomic E-state index is 5.38. The third-order valence-electron chi connectivity index (χ3n) is 3.57. The Kier molecular flexibility index (Phi) is 2.93. The Labute approximate surface area is 108 Å². The first-order valence-corrected chi connectivity index (χ1v) is 6.36. The van der Waals surface area contributed by atoms with Crippen LogP contribution in [0.1, 0.15) is 23.6 Å². The molecule has 1 atom stereocenters. The van der Waals surface area contributed by atoms with Gasteiger partial charge in [-0.05, 0) is 36.1 Å². The van der Waals surface area contributed by atoms with Gasteiger partial charge in [0, 0.05) is 0 Å². The Hall–Kier alpha value is -1.96. The molecular weight excluding hydrogens is 222 g/mol. The number of rotatable bonds is 3. The number of hydrogen-bond donors (Lipinski definition) is 1. The van der Waals surface area contributed by atoms with Gasteiger partial charge in [0.2, 0.25) is 0 Å². The van der Waals surface area contributed by atoms with E-state index in [1.807, 2.05) is 18.2 Å². The monoisotopic (exact) mass is 239 g/mol. The van der Waals surface area contributed by atoms with Gasteiger partial charge >= 0.3 is 0 Å². The van der Waals surface area contributed by atoms with Crippen LogP contribution in [0.4, 0.5) is 5.69 Å². The van der Waals surface area contributed by atoms with Crippen LogP contribution in [0.5, 0.6) is 5.75 Å². The fourth-order valence-corrected chi connectivity index (χ4v) is 2.66. The van der Waals surface area contributed by atoms with Crippen LogP contribution >= 0.6 is 0 Å². The lowest BCUT2D eigenvalue weighted by Crippen LogP contribution is -2.07. The van der Waals surface area contributed by atoms with Gasteiger partial charge in [-0.2, -0.15) is 0 Å². The standard InChI is InChI=1S/C16H17NO/c1-18-16-9-5-4-8-15(16)17-14-11-10-12-6-2-3-7-13(12)14/h2-9,14,17H,10-11H2,1H3.